The summed E-state index contributed by atoms with van der Waals surface area (Å²) in [4.78, 5) is 24.3. The third-order valence-electron chi connectivity index (χ3n) is 3.58. The monoisotopic (exact) mass is 230 g/mol. The average Bonchev–Trinajstić information content (AvgIpc) is 2.33. The van der Waals surface area contributed by atoms with Crippen LogP contribution in [-0.4, -0.2) is 11.6 Å². The lowest BCUT2D eigenvalue weighted by molar-refractivity contribution is -0.124. The molecule has 2 nitrogen and oxygen atoms in total. The summed E-state index contributed by atoms with van der Waals surface area (Å²) in [5.41, 5.74) is 1.83. The molecule has 0 spiro atoms. The van der Waals surface area contributed by atoms with Crippen LogP contribution in [-0.2, 0) is 4.79 Å². The van der Waals surface area contributed by atoms with E-state index in [-0.39, 0.29) is 23.4 Å². The van der Waals surface area contributed by atoms with Crippen molar-refractivity contribution in [2.45, 2.75) is 33.1 Å². The van der Waals surface area contributed by atoms with Gasteiger partial charge in [0.25, 0.3) is 0 Å². The largest absolute Gasteiger partial charge is 0.299 e. The van der Waals surface area contributed by atoms with Crippen molar-refractivity contribution in [1.82, 2.24) is 0 Å². The van der Waals surface area contributed by atoms with Crippen molar-refractivity contribution in [2.24, 2.45) is 11.8 Å². The van der Waals surface area contributed by atoms with Gasteiger partial charge in [0.15, 0.2) is 5.78 Å². The zero-order valence-electron chi connectivity index (χ0n) is 10.6. The second-order valence-corrected chi connectivity index (χ2v) is 5.20. The number of rotatable bonds is 2. The first-order valence-electron chi connectivity index (χ1n) is 6.19. The fraction of sp³-hybridized carbons (Fsp3) is 0.467. The molecule has 1 aromatic rings. The van der Waals surface area contributed by atoms with Crippen molar-refractivity contribution in [3.8, 4) is 0 Å². The molecular formula is C15H18O2. The summed E-state index contributed by atoms with van der Waals surface area (Å²) in [6, 6.07) is 7.65. The van der Waals surface area contributed by atoms with Crippen molar-refractivity contribution in [3.63, 3.8) is 0 Å². The topological polar surface area (TPSA) is 34.1 Å². The van der Waals surface area contributed by atoms with Crippen molar-refractivity contribution >= 4 is 11.6 Å². The molecule has 0 aliphatic heterocycles. The molecule has 2 unspecified atom stereocenters. The van der Waals surface area contributed by atoms with Gasteiger partial charge in [-0.3, -0.25) is 9.59 Å². The van der Waals surface area contributed by atoms with Gasteiger partial charge in [0.1, 0.15) is 5.78 Å². The Morgan fingerprint density at radius 1 is 1.29 bits per heavy atom. The highest BCUT2D eigenvalue weighted by Crippen LogP contribution is 2.35. The Bertz CT molecular complexity index is 460. The Morgan fingerprint density at radius 2 is 1.94 bits per heavy atom. The second-order valence-electron chi connectivity index (χ2n) is 5.20. The van der Waals surface area contributed by atoms with Crippen LogP contribution in [0.3, 0.4) is 0 Å². The number of ketones is 2. The van der Waals surface area contributed by atoms with Crippen molar-refractivity contribution < 1.29 is 9.59 Å². The third kappa shape index (κ3) is 2.04. The number of carbonyl (C=O) groups excluding carboxylic acids is 2. The van der Waals surface area contributed by atoms with Gasteiger partial charge >= 0.3 is 0 Å². The minimum absolute atomic E-state index is 0.0115. The number of Topliss-reactive ketones (excluding diaryl/α,β-unsaturated/α-hetero) is 2. The lowest BCUT2D eigenvalue weighted by Crippen LogP contribution is -2.33. The molecule has 0 saturated carbocycles. The van der Waals surface area contributed by atoms with E-state index in [0.29, 0.717) is 6.42 Å². The molecular weight excluding hydrogens is 212 g/mol. The predicted molar refractivity (Wildman–Crippen MR) is 67.1 cm³/mol. The fourth-order valence-electron chi connectivity index (χ4n) is 2.57. The summed E-state index contributed by atoms with van der Waals surface area (Å²) < 4.78 is 0. The van der Waals surface area contributed by atoms with Gasteiger partial charge in [0.05, 0.1) is 5.92 Å². The molecule has 0 saturated heterocycles. The van der Waals surface area contributed by atoms with Crippen LogP contribution in [0.25, 0.3) is 0 Å². The third-order valence-corrected chi connectivity index (χ3v) is 3.58. The zero-order valence-corrected chi connectivity index (χ0v) is 10.6. The van der Waals surface area contributed by atoms with E-state index < -0.39 is 5.92 Å². The molecule has 17 heavy (non-hydrogen) atoms. The first-order chi connectivity index (χ1) is 8.02. The van der Waals surface area contributed by atoms with Gasteiger partial charge in [-0.25, -0.2) is 0 Å². The Balaban J connectivity index is 2.40. The number of carbonyl (C=O) groups is 2. The molecule has 0 amide bonds. The molecule has 1 aromatic carbocycles. The van der Waals surface area contributed by atoms with Gasteiger partial charge in [0, 0.05) is 11.5 Å². The Labute approximate surface area is 102 Å². The van der Waals surface area contributed by atoms with E-state index in [1.165, 1.54) is 0 Å². The first kappa shape index (κ1) is 12.0. The summed E-state index contributed by atoms with van der Waals surface area (Å²) in [5.74, 6) is -0.119. The summed E-state index contributed by atoms with van der Waals surface area (Å²) in [5, 5.41) is 0. The van der Waals surface area contributed by atoms with Gasteiger partial charge in [0.2, 0.25) is 0 Å². The Hall–Kier alpha value is -1.44. The smallest absolute Gasteiger partial charge is 0.173 e. The maximum absolute atomic E-state index is 12.3. The van der Waals surface area contributed by atoms with Crippen LogP contribution in [0.5, 0.6) is 0 Å². The lowest BCUT2D eigenvalue weighted by Gasteiger charge is -2.28. The number of fused-ring (bicyclic) bond motifs is 1. The number of hydrogen-bond acceptors (Lipinski definition) is 2. The van der Waals surface area contributed by atoms with E-state index in [1.54, 1.807) is 0 Å². The van der Waals surface area contributed by atoms with Crippen LogP contribution in [0.4, 0.5) is 0 Å². The van der Waals surface area contributed by atoms with Crippen LogP contribution in [0.1, 0.15) is 49.0 Å². The molecule has 1 aliphatic carbocycles. The minimum atomic E-state index is -0.431. The Morgan fingerprint density at radius 3 is 2.59 bits per heavy atom. The van der Waals surface area contributed by atoms with E-state index >= 15 is 0 Å². The quantitative estimate of drug-likeness (QED) is 0.731. The normalized spacial score (nSPS) is 23.6. The van der Waals surface area contributed by atoms with Crippen LogP contribution >= 0.6 is 0 Å². The summed E-state index contributed by atoms with van der Waals surface area (Å²) in [6.45, 7) is 5.81. The van der Waals surface area contributed by atoms with Crippen molar-refractivity contribution in [2.75, 3.05) is 0 Å². The second kappa shape index (κ2) is 4.44. The van der Waals surface area contributed by atoms with E-state index in [4.69, 9.17) is 0 Å². The highest BCUT2D eigenvalue weighted by atomic mass is 16.2. The minimum Gasteiger partial charge on any atom is -0.299 e. The summed E-state index contributed by atoms with van der Waals surface area (Å²) in [7, 11) is 0. The molecule has 0 bridgehead atoms. The number of hydrogen-bond donors (Lipinski definition) is 0. The maximum atomic E-state index is 12.3. The summed E-state index contributed by atoms with van der Waals surface area (Å²) in [6.07, 6.45) is 0.660. The molecule has 0 radical (unpaired) electrons. The van der Waals surface area contributed by atoms with Gasteiger partial charge in [-0.1, -0.05) is 45.0 Å². The predicted octanol–water partition coefficient (Wildman–Crippen LogP) is 3.22. The number of benzene rings is 1. The van der Waals surface area contributed by atoms with Gasteiger partial charge in [-0.05, 0) is 17.9 Å². The summed E-state index contributed by atoms with van der Waals surface area (Å²) >= 11 is 0. The van der Waals surface area contributed by atoms with Crippen molar-refractivity contribution in [3.05, 3.63) is 35.4 Å². The standard InChI is InChI=1S/C15H18O2/c1-9(2)14(16)13-8-10(3)11-6-4-5-7-12(11)15(13)17/h4-7,9-10,13H,8H2,1-3H3. The fourth-order valence-corrected chi connectivity index (χ4v) is 2.57. The first-order valence-corrected chi connectivity index (χ1v) is 6.19. The molecule has 2 atom stereocenters. The van der Waals surface area contributed by atoms with Crippen LogP contribution in [0, 0.1) is 11.8 Å². The van der Waals surface area contributed by atoms with Crippen LogP contribution in [0.2, 0.25) is 0 Å². The maximum Gasteiger partial charge on any atom is 0.173 e. The van der Waals surface area contributed by atoms with E-state index in [9.17, 15) is 9.59 Å². The van der Waals surface area contributed by atoms with E-state index in [1.807, 2.05) is 38.1 Å². The Kier molecular flexibility index (Phi) is 3.14. The molecule has 0 N–H and O–H groups in total. The lowest BCUT2D eigenvalue weighted by atomic mass is 9.73. The van der Waals surface area contributed by atoms with Gasteiger partial charge in [-0.15, -0.1) is 0 Å². The van der Waals surface area contributed by atoms with Crippen LogP contribution < -0.4 is 0 Å². The highest BCUT2D eigenvalue weighted by Gasteiger charge is 2.36. The highest BCUT2D eigenvalue weighted by molar-refractivity contribution is 6.12. The molecule has 2 heteroatoms. The molecule has 90 valence electrons. The molecule has 2 rings (SSSR count). The van der Waals surface area contributed by atoms with Gasteiger partial charge in [-0.2, -0.15) is 0 Å². The average molecular weight is 230 g/mol. The molecule has 0 aromatic heterocycles. The SMILES string of the molecule is CC(C)C(=O)C1CC(C)c2ccccc2C1=O. The molecule has 0 fully saturated rings. The van der Waals surface area contributed by atoms with Gasteiger partial charge < -0.3 is 0 Å². The van der Waals surface area contributed by atoms with E-state index in [0.717, 1.165) is 11.1 Å². The zero-order chi connectivity index (χ0) is 12.6. The van der Waals surface area contributed by atoms with Crippen LogP contribution in [0.15, 0.2) is 24.3 Å². The molecule has 1 aliphatic rings. The van der Waals surface area contributed by atoms with Crippen molar-refractivity contribution in [1.29, 1.82) is 0 Å². The van der Waals surface area contributed by atoms with E-state index in [2.05, 4.69) is 6.92 Å². The molecule has 0 heterocycles.